The lowest BCUT2D eigenvalue weighted by Crippen LogP contribution is -2.38. The number of rotatable bonds is 4. The number of nitrogens with zero attached hydrogens (tertiary/aromatic N) is 3. The summed E-state index contributed by atoms with van der Waals surface area (Å²) in [4.78, 5) is 11.9. The molecule has 0 atom stereocenters. The number of carbonyl (C=O) groups excluding carboxylic acids is 1. The predicted octanol–water partition coefficient (Wildman–Crippen LogP) is 1.81. The molecular formula is C15H17N3O4S2. The third kappa shape index (κ3) is 2.56. The van der Waals surface area contributed by atoms with Gasteiger partial charge in [0.2, 0.25) is 10.0 Å². The van der Waals surface area contributed by atoms with E-state index in [0.29, 0.717) is 19.0 Å². The number of sulfonamides is 1. The van der Waals surface area contributed by atoms with Gasteiger partial charge in [-0.3, -0.25) is 4.68 Å². The van der Waals surface area contributed by atoms with Crippen LogP contribution in [0.1, 0.15) is 39.8 Å². The van der Waals surface area contributed by atoms with Crippen molar-refractivity contribution in [1.29, 1.82) is 0 Å². The fourth-order valence-corrected chi connectivity index (χ4v) is 5.64. The number of ether oxygens (including phenoxy) is 1. The third-order valence-corrected chi connectivity index (χ3v) is 7.31. The summed E-state index contributed by atoms with van der Waals surface area (Å²) in [6.07, 6.45) is 2.33. The minimum atomic E-state index is -3.74. The lowest BCUT2D eigenvalue weighted by Gasteiger charge is -2.26. The Kier molecular flexibility index (Phi) is 3.74. The van der Waals surface area contributed by atoms with Gasteiger partial charge in [-0.05, 0) is 30.4 Å². The molecule has 2 aliphatic rings. The lowest BCUT2D eigenvalue weighted by atomic mass is 10.2. The van der Waals surface area contributed by atoms with Crippen molar-refractivity contribution in [1.82, 2.24) is 14.1 Å². The Morgan fingerprint density at radius 3 is 2.88 bits per heavy atom. The fourth-order valence-electron chi connectivity index (χ4n) is 2.93. The molecule has 9 heteroatoms. The molecule has 3 heterocycles. The quantitative estimate of drug-likeness (QED) is 0.770. The van der Waals surface area contributed by atoms with Crippen molar-refractivity contribution in [2.45, 2.75) is 36.7 Å². The van der Waals surface area contributed by atoms with E-state index >= 15 is 0 Å². The molecule has 0 unspecified atom stereocenters. The van der Waals surface area contributed by atoms with Gasteiger partial charge < -0.3 is 4.74 Å². The molecule has 0 aromatic carbocycles. The second-order valence-electron chi connectivity index (χ2n) is 6.00. The molecule has 0 amide bonds. The highest BCUT2D eigenvalue weighted by atomic mass is 32.2. The topological polar surface area (TPSA) is 81.5 Å². The van der Waals surface area contributed by atoms with Gasteiger partial charge in [0.15, 0.2) is 0 Å². The summed E-state index contributed by atoms with van der Waals surface area (Å²) in [6, 6.07) is 3.47. The molecule has 0 N–H and O–H groups in total. The molecular weight excluding hydrogens is 350 g/mol. The summed E-state index contributed by atoms with van der Waals surface area (Å²) >= 11 is 1.08. The van der Waals surface area contributed by atoms with Crippen molar-refractivity contribution >= 4 is 27.3 Å². The van der Waals surface area contributed by atoms with Gasteiger partial charge in [0.25, 0.3) is 0 Å². The number of esters is 1. The minimum Gasteiger partial charge on any atom is -0.465 e. The van der Waals surface area contributed by atoms with Crippen molar-refractivity contribution in [2.75, 3.05) is 13.7 Å². The Morgan fingerprint density at radius 1 is 1.38 bits per heavy atom. The van der Waals surface area contributed by atoms with E-state index in [1.54, 1.807) is 5.38 Å². The van der Waals surface area contributed by atoms with Crippen molar-refractivity contribution in [3.05, 3.63) is 33.8 Å². The van der Waals surface area contributed by atoms with E-state index in [9.17, 15) is 13.2 Å². The standard InChI is InChI=1S/C15H17N3O4S2/c1-22-15(19)14-13(4-7-23-14)24(20,21)17-5-6-18-11(9-17)8-12(16-18)10-2-3-10/h4,7-8,10H,2-3,5-6,9H2,1H3. The Hall–Kier alpha value is -1.71. The summed E-state index contributed by atoms with van der Waals surface area (Å²) in [5.41, 5.74) is 1.97. The Morgan fingerprint density at radius 2 is 2.17 bits per heavy atom. The first-order valence-corrected chi connectivity index (χ1v) is 10.1. The van der Waals surface area contributed by atoms with Crippen molar-refractivity contribution in [3.63, 3.8) is 0 Å². The molecule has 7 nitrogen and oxygen atoms in total. The average molecular weight is 367 g/mol. The highest BCUT2D eigenvalue weighted by molar-refractivity contribution is 7.89. The normalized spacial score (nSPS) is 18.4. The van der Waals surface area contributed by atoms with Crippen molar-refractivity contribution < 1.29 is 17.9 Å². The zero-order valence-corrected chi connectivity index (χ0v) is 14.8. The van der Waals surface area contributed by atoms with E-state index in [-0.39, 0.29) is 16.3 Å². The summed E-state index contributed by atoms with van der Waals surface area (Å²) in [5, 5.41) is 6.17. The molecule has 0 saturated heterocycles. The summed E-state index contributed by atoms with van der Waals surface area (Å²) in [5.74, 6) is -0.0856. The van der Waals surface area contributed by atoms with Gasteiger partial charge in [-0.25, -0.2) is 13.2 Å². The Labute approximate surface area is 143 Å². The van der Waals surface area contributed by atoms with Crippen LogP contribution in [-0.4, -0.2) is 42.1 Å². The summed E-state index contributed by atoms with van der Waals surface area (Å²) < 4.78 is 33.9. The van der Waals surface area contributed by atoms with Crippen LogP contribution < -0.4 is 0 Å². The number of aromatic nitrogens is 2. The van der Waals surface area contributed by atoms with Crippen LogP contribution in [0.15, 0.2) is 22.4 Å². The summed E-state index contributed by atoms with van der Waals surface area (Å²) in [7, 11) is -2.49. The van der Waals surface area contributed by atoms with Gasteiger partial charge in [-0.1, -0.05) is 0 Å². The first-order chi connectivity index (χ1) is 11.5. The van der Waals surface area contributed by atoms with Gasteiger partial charge in [0.05, 0.1) is 31.6 Å². The zero-order chi connectivity index (χ0) is 16.9. The number of methoxy groups -OCH3 is 1. The van der Waals surface area contributed by atoms with E-state index in [2.05, 4.69) is 9.84 Å². The van der Waals surface area contributed by atoms with E-state index in [0.717, 1.165) is 35.6 Å². The molecule has 0 spiro atoms. The largest absolute Gasteiger partial charge is 0.465 e. The smallest absolute Gasteiger partial charge is 0.349 e. The molecule has 2 aromatic heterocycles. The van der Waals surface area contributed by atoms with E-state index in [1.807, 2.05) is 10.7 Å². The molecule has 4 rings (SSSR count). The molecule has 1 saturated carbocycles. The molecule has 0 bridgehead atoms. The number of fused-ring (bicyclic) bond motifs is 1. The molecule has 1 aliphatic carbocycles. The fraction of sp³-hybridized carbons (Fsp3) is 0.467. The second kappa shape index (κ2) is 5.68. The molecule has 0 radical (unpaired) electrons. The van der Waals surface area contributed by atoms with Crippen LogP contribution in [0, 0.1) is 0 Å². The zero-order valence-electron chi connectivity index (χ0n) is 13.1. The van der Waals surface area contributed by atoms with Crippen LogP contribution in [-0.2, 0) is 27.8 Å². The van der Waals surface area contributed by atoms with Crippen LogP contribution in [0.2, 0.25) is 0 Å². The molecule has 128 valence electrons. The summed E-state index contributed by atoms with van der Waals surface area (Å²) in [6.45, 7) is 1.15. The number of hydrogen-bond donors (Lipinski definition) is 0. The number of carbonyl (C=O) groups is 1. The van der Waals surface area contributed by atoms with E-state index in [1.165, 1.54) is 17.5 Å². The molecule has 1 aliphatic heterocycles. The van der Waals surface area contributed by atoms with Crippen LogP contribution in [0.5, 0.6) is 0 Å². The van der Waals surface area contributed by atoms with Gasteiger partial charge in [-0.15, -0.1) is 11.3 Å². The van der Waals surface area contributed by atoms with Crippen LogP contribution in [0.3, 0.4) is 0 Å². The van der Waals surface area contributed by atoms with Gasteiger partial charge >= 0.3 is 5.97 Å². The Bertz CT molecular complexity index is 896. The SMILES string of the molecule is COC(=O)c1sccc1S(=O)(=O)N1CCn2nc(C3CC3)cc2C1. The second-order valence-corrected chi connectivity index (χ2v) is 8.82. The molecule has 2 aromatic rings. The first-order valence-electron chi connectivity index (χ1n) is 7.73. The van der Waals surface area contributed by atoms with E-state index in [4.69, 9.17) is 0 Å². The third-order valence-electron chi connectivity index (χ3n) is 4.40. The van der Waals surface area contributed by atoms with Gasteiger partial charge in [0.1, 0.15) is 9.77 Å². The number of thiophene rings is 1. The monoisotopic (exact) mass is 367 g/mol. The first kappa shape index (κ1) is 15.8. The molecule has 24 heavy (non-hydrogen) atoms. The average Bonchev–Trinajstić information content (AvgIpc) is 3.14. The number of hydrogen-bond acceptors (Lipinski definition) is 6. The predicted molar refractivity (Wildman–Crippen MR) is 87.5 cm³/mol. The highest BCUT2D eigenvalue weighted by Gasteiger charge is 2.34. The van der Waals surface area contributed by atoms with Crippen LogP contribution in [0.4, 0.5) is 0 Å². The van der Waals surface area contributed by atoms with Crippen molar-refractivity contribution in [2.24, 2.45) is 0 Å². The van der Waals surface area contributed by atoms with Crippen LogP contribution >= 0.6 is 11.3 Å². The Balaban J connectivity index is 1.63. The highest BCUT2D eigenvalue weighted by Crippen LogP contribution is 2.40. The minimum absolute atomic E-state index is 0.0229. The van der Waals surface area contributed by atoms with E-state index < -0.39 is 16.0 Å². The molecule has 1 fully saturated rings. The maximum Gasteiger partial charge on any atom is 0.349 e. The van der Waals surface area contributed by atoms with Gasteiger partial charge in [0, 0.05) is 12.5 Å². The lowest BCUT2D eigenvalue weighted by molar-refractivity contribution is 0.0602. The van der Waals surface area contributed by atoms with Crippen LogP contribution in [0.25, 0.3) is 0 Å². The van der Waals surface area contributed by atoms with Gasteiger partial charge in [-0.2, -0.15) is 9.40 Å². The maximum absolute atomic E-state index is 12.9. The maximum atomic E-state index is 12.9. The van der Waals surface area contributed by atoms with Crippen molar-refractivity contribution in [3.8, 4) is 0 Å².